The first-order valence-electron chi connectivity index (χ1n) is 47.0. The van der Waals surface area contributed by atoms with Gasteiger partial charge < -0.3 is 73.5 Å². The predicted octanol–water partition coefficient (Wildman–Crippen LogP) is 10.8. The molecule has 3 saturated carbocycles. The van der Waals surface area contributed by atoms with E-state index in [1.807, 2.05) is 102 Å². The van der Waals surface area contributed by atoms with Crippen LogP contribution in [0.4, 0.5) is 4.79 Å². The number of rotatable bonds is 43. The highest BCUT2D eigenvalue weighted by molar-refractivity contribution is 5.97. The Labute approximate surface area is 795 Å². The summed E-state index contributed by atoms with van der Waals surface area (Å²) in [5.41, 5.74) is 0.0961. The number of nitrogens with zero attached hydrogens (tertiary/aromatic N) is 9. The van der Waals surface area contributed by atoms with E-state index in [4.69, 9.17) is 47.4 Å². The second kappa shape index (κ2) is 45.4. The van der Waals surface area contributed by atoms with Crippen molar-refractivity contribution in [1.82, 2.24) is 60.7 Å². The van der Waals surface area contributed by atoms with Gasteiger partial charge in [-0.2, -0.15) is 0 Å². The lowest BCUT2D eigenvalue weighted by atomic mass is 9.44. The number of aliphatic hydroxyl groups excluding tert-OH is 1. The van der Waals surface area contributed by atoms with Crippen LogP contribution in [0.2, 0.25) is 0 Å². The van der Waals surface area contributed by atoms with E-state index in [2.05, 4.69) is 74.2 Å². The monoisotopic (exact) mass is 1870 g/mol. The van der Waals surface area contributed by atoms with E-state index >= 15 is 9.59 Å². The van der Waals surface area contributed by atoms with Gasteiger partial charge in [-0.1, -0.05) is 116 Å². The SMILES string of the molecule is CC(=O)O[C@H]1C(=O)[C@@]2(C)[C@H]([C@H](OC(=O)c3ccccc3)[C@]3(O)C[C@H](OC(=O)[C@H](OC(=O)CCC(=O)NCCOCCOCCn4nnc5c4CC[C@H]4[C@@H](CC5)[C@H]4COC(=O)NCCCCOc4cc(CN(Cc5ccccn5)Cc5ccccn5)cc(CN(Cc5ccccn5)Cc5ccccn5)c4)[C@@H](NC(=O)c4ccccc4)c4ccccc4)C(C)=C1C3(C)C)[C@]1(OC(C)=O)CO[C@@H]1C[C@@H]2O. The molecule has 0 spiro atoms. The van der Waals surface area contributed by atoms with E-state index < -0.39 is 143 Å². The first-order chi connectivity index (χ1) is 66.2. The largest absolute Gasteiger partial charge is 0.494 e. The quantitative estimate of drug-likeness (QED) is 0.0103. The molecule has 1 aliphatic heterocycles. The van der Waals surface area contributed by atoms with Crippen LogP contribution in [0.1, 0.15) is 171 Å². The predicted molar refractivity (Wildman–Crippen MR) is 496 cm³/mol. The molecule has 2 bridgehead atoms. The first kappa shape index (κ1) is 98.6. The van der Waals surface area contributed by atoms with Crippen LogP contribution in [0.5, 0.6) is 5.75 Å². The molecule has 6 heterocycles. The van der Waals surface area contributed by atoms with Crippen molar-refractivity contribution in [3.63, 3.8) is 0 Å². The van der Waals surface area contributed by atoms with Crippen LogP contribution < -0.4 is 20.7 Å². The fourth-order valence-electron chi connectivity index (χ4n) is 20.3. The maximum Gasteiger partial charge on any atom is 0.407 e. The number of aliphatic hydroxyl groups is 2. The Hall–Kier alpha value is -12.9. The van der Waals surface area contributed by atoms with Gasteiger partial charge in [-0.15, -0.1) is 5.10 Å². The van der Waals surface area contributed by atoms with Crippen LogP contribution >= 0.6 is 0 Å². The van der Waals surface area contributed by atoms with Crippen molar-refractivity contribution in [2.24, 2.45) is 34.5 Å². The van der Waals surface area contributed by atoms with E-state index in [-0.39, 0.29) is 73.1 Å². The second-order valence-electron chi connectivity index (χ2n) is 36.8. The molecule has 5 aliphatic carbocycles. The lowest BCUT2D eigenvalue weighted by Crippen LogP contribution is -2.82. The molecule has 4 aromatic carbocycles. The number of aromatic nitrogens is 7. The highest BCUT2D eigenvalue weighted by Crippen LogP contribution is 2.65. The smallest absolute Gasteiger partial charge is 0.407 e. The lowest BCUT2D eigenvalue weighted by Gasteiger charge is -2.67. The summed E-state index contributed by atoms with van der Waals surface area (Å²) in [6.07, 6.45) is -0.743. The maximum atomic E-state index is 16.0. The number of aryl methyl sites for hydroxylation is 1. The zero-order chi connectivity index (χ0) is 96.2. The van der Waals surface area contributed by atoms with Crippen molar-refractivity contribution in [3.05, 3.63) is 280 Å². The molecule has 3 amide bonds. The third kappa shape index (κ3) is 24.0. The van der Waals surface area contributed by atoms with Gasteiger partial charge in [-0.3, -0.25) is 58.5 Å². The van der Waals surface area contributed by atoms with E-state index in [0.717, 1.165) is 90.6 Å². The third-order valence-electron chi connectivity index (χ3n) is 27.3. The molecule has 722 valence electrons. The Morgan fingerprint density at radius 1 is 0.620 bits per heavy atom. The number of hydrogen-bond acceptors (Lipinski definition) is 29. The summed E-state index contributed by atoms with van der Waals surface area (Å²) in [5.74, 6) is -7.13. The fraction of sp³-hybridized carbons (Fsp3) is 0.452. The van der Waals surface area contributed by atoms with E-state index in [1.54, 1.807) is 66.7 Å². The van der Waals surface area contributed by atoms with E-state index in [0.29, 0.717) is 96.9 Å². The van der Waals surface area contributed by atoms with Gasteiger partial charge in [0, 0.05) is 121 Å². The number of benzene rings is 4. The van der Waals surface area contributed by atoms with Crippen molar-refractivity contribution in [3.8, 4) is 5.75 Å². The van der Waals surface area contributed by atoms with Crippen LogP contribution in [0.25, 0.3) is 0 Å². The average molecular weight is 1870 g/mol. The van der Waals surface area contributed by atoms with Gasteiger partial charge in [0.2, 0.25) is 12.0 Å². The first-order valence-corrected chi connectivity index (χ1v) is 47.0. The number of ketones is 1. The van der Waals surface area contributed by atoms with E-state index in [1.165, 1.54) is 52.0 Å². The van der Waals surface area contributed by atoms with Crippen LogP contribution in [0.3, 0.4) is 0 Å². The van der Waals surface area contributed by atoms with Gasteiger partial charge in [0.05, 0.1) is 116 Å². The molecule has 15 rings (SSSR count). The Morgan fingerprint density at radius 2 is 1.20 bits per heavy atom. The molecule has 4 fully saturated rings. The number of Topliss-reactive ketones (excluding diaryl/α,β-unsaturated/α-hetero) is 1. The summed E-state index contributed by atoms with van der Waals surface area (Å²) in [6.45, 7) is 14.1. The van der Waals surface area contributed by atoms with Gasteiger partial charge in [0.15, 0.2) is 17.5 Å². The van der Waals surface area contributed by atoms with Gasteiger partial charge in [0.1, 0.15) is 35.7 Å². The molecule has 0 unspecified atom stereocenters. The summed E-state index contributed by atoms with van der Waals surface area (Å²) < 4.78 is 63.4. The molecule has 9 aromatic rings. The normalized spacial score (nSPS) is 23.2. The molecule has 14 atom stereocenters. The van der Waals surface area contributed by atoms with Crippen molar-refractivity contribution in [2.75, 3.05) is 59.3 Å². The Kier molecular flexibility index (Phi) is 32.7. The molecule has 33 nitrogen and oxygen atoms in total. The maximum absolute atomic E-state index is 16.0. The summed E-state index contributed by atoms with van der Waals surface area (Å²) in [5, 5.41) is 44.2. The number of unbranched alkanes of at least 4 members (excludes halogenated alkanes) is 1. The van der Waals surface area contributed by atoms with Crippen LogP contribution in [-0.2, 0) is 130 Å². The number of amides is 3. The number of pyridine rings is 4. The number of carbonyl (C=O) groups is 9. The summed E-state index contributed by atoms with van der Waals surface area (Å²) in [7, 11) is 0. The number of carbonyl (C=O) groups excluding carboxylic acids is 9. The lowest BCUT2D eigenvalue weighted by molar-refractivity contribution is -0.346. The Morgan fingerprint density at radius 3 is 1.77 bits per heavy atom. The number of fused-ring (bicyclic) bond motifs is 7. The molecule has 5 N–H and O–H groups in total. The highest BCUT2D eigenvalue weighted by atomic mass is 16.6. The molecule has 137 heavy (non-hydrogen) atoms. The van der Waals surface area contributed by atoms with Crippen molar-refractivity contribution < 1.29 is 101 Å². The third-order valence-corrected chi connectivity index (χ3v) is 27.3. The summed E-state index contributed by atoms with van der Waals surface area (Å²) in [4.78, 5) is 152. The highest BCUT2D eigenvalue weighted by Gasteiger charge is 2.78. The fourth-order valence-corrected chi connectivity index (χ4v) is 20.3. The molecule has 1 saturated heterocycles. The minimum Gasteiger partial charge on any atom is -0.494 e. The van der Waals surface area contributed by atoms with Crippen molar-refractivity contribution in [1.29, 1.82) is 0 Å². The van der Waals surface area contributed by atoms with Crippen molar-refractivity contribution in [2.45, 2.75) is 205 Å². The minimum atomic E-state index is -2.54. The standard InChI is InChI=1S/C104H120N12O21/c1-67-85(58-104(127)96(136-98(124)74-30-14-9-15-31-74)94-102(6,86(119)57-87-103(94,66-132-87)137-69(3)118)95(122)92(133-68(2)117)90(67)101(104,4)5)134-99(125)93(91(72-26-10-7-11-27-72)111-97(123)73-28-12-8-13-29-73)135-89(121)41-40-88(120)109-47-50-128-52-53-129-51-48-116-84-39-37-81-80(36-38-83(84)112-113-116)82(81)65-131-100(126)110-46-24-25-49-130-79-55-70(59-114(61-75-32-16-20-42-105-75)62-76-33-17-21-43-106-76)54-71(56-79)60-115(63-77-34-18-22-44-107-77)64-78-35-19-23-45-108-78/h7-23,26-35,42-45,54-56,80-82,85-87,91-94,96,119,127H,24-25,36-41,46-53,57-66H2,1-6H3,(H,109,120)(H,110,126)(H,111,123)/t80-,81+,82-,85+,86+,87-,91+,92-,93-,94+,96+,102-,103+,104-/m1/s1. The van der Waals surface area contributed by atoms with Crippen LogP contribution in [0.15, 0.2) is 218 Å². The Bertz CT molecular complexity index is 5490. The van der Waals surface area contributed by atoms with Gasteiger partial charge in [-0.05, 0) is 183 Å². The molecule has 6 aliphatic rings. The molecule has 33 heteroatoms. The number of nitrogens with one attached hydrogen (secondary N) is 3. The zero-order valence-electron chi connectivity index (χ0n) is 78.0. The molecule has 0 radical (unpaired) electrons. The topological polar surface area (TPSA) is 411 Å². The number of ether oxygens (including phenoxy) is 10. The number of esters is 5. The van der Waals surface area contributed by atoms with Gasteiger partial charge in [-0.25, -0.2) is 19.1 Å². The van der Waals surface area contributed by atoms with Crippen molar-refractivity contribution >= 4 is 53.5 Å². The summed E-state index contributed by atoms with van der Waals surface area (Å²) >= 11 is 0. The average Bonchev–Trinajstić information content (AvgIpc) is 1.61. The van der Waals surface area contributed by atoms with E-state index in [9.17, 15) is 43.8 Å². The van der Waals surface area contributed by atoms with Gasteiger partial charge in [0.25, 0.3) is 5.91 Å². The summed E-state index contributed by atoms with van der Waals surface area (Å²) in [6, 6.07) is 52.7. The zero-order valence-corrected chi connectivity index (χ0v) is 78.0. The minimum absolute atomic E-state index is 0.0143. The molecular weight excluding hydrogens is 1750 g/mol. The van der Waals surface area contributed by atoms with Crippen LogP contribution in [-0.4, -0.2) is 216 Å². The number of alkyl carbamates (subject to hydrolysis) is 1. The van der Waals surface area contributed by atoms with Gasteiger partial charge >= 0.3 is 35.9 Å². The number of hydrogen-bond donors (Lipinski definition) is 5. The second-order valence-corrected chi connectivity index (χ2v) is 36.8. The Balaban J connectivity index is 0.512. The molecular formula is C104H120N12O21. The molecule has 5 aromatic heterocycles. The van der Waals surface area contributed by atoms with Crippen LogP contribution in [0, 0.1) is 34.5 Å².